The maximum atomic E-state index is 12.5. The molecule has 0 aliphatic heterocycles. The number of rotatable bonds is 7. The van der Waals surface area contributed by atoms with Crippen molar-refractivity contribution >= 4 is 17.2 Å². The van der Waals surface area contributed by atoms with Gasteiger partial charge < -0.3 is 5.32 Å². The van der Waals surface area contributed by atoms with Crippen molar-refractivity contribution in [1.29, 1.82) is 5.26 Å². The van der Waals surface area contributed by atoms with Crippen LogP contribution >= 0.6 is 11.3 Å². The van der Waals surface area contributed by atoms with Gasteiger partial charge in [0, 0.05) is 18.0 Å². The summed E-state index contributed by atoms with van der Waals surface area (Å²) < 4.78 is 0. The number of hydrogen-bond acceptors (Lipinski definition) is 4. The molecule has 0 bridgehead atoms. The monoisotopic (exact) mass is 331 g/mol. The molecule has 2 rings (SSSR count). The Bertz CT molecular complexity index is 539. The smallest absolute Gasteiger partial charge is 0.235 e. The van der Waals surface area contributed by atoms with Crippen LogP contribution in [0.1, 0.15) is 43.4 Å². The Balaban J connectivity index is 1.94. The second-order valence-electron chi connectivity index (χ2n) is 6.19. The number of amides is 1. The molecule has 0 spiro atoms. The molecule has 0 unspecified atom stereocenters. The van der Waals surface area contributed by atoms with E-state index in [0.29, 0.717) is 13.1 Å². The molecule has 5 heteroatoms. The Labute approximate surface area is 142 Å². The van der Waals surface area contributed by atoms with Gasteiger partial charge in [0.05, 0.1) is 12.6 Å². The maximum absolute atomic E-state index is 12.5. The molecule has 1 fully saturated rings. The van der Waals surface area contributed by atoms with Gasteiger partial charge in [-0.25, -0.2) is 0 Å². The van der Waals surface area contributed by atoms with E-state index in [-0.39, 0.29) is 5.91 Å². The Morgan fingerprint density at radius 2 is 2.17 bits per heavy atom. The highest BCUT2D eigenvalue weighted by Crippen LogP contribution is 2.26. The lowest BCUT2D eigenvalue weighted by molar-refractivity contribution is -0.123. The fourth-order valence-electron chi connectivity index (χ4n) is 3.10. The van der Waals surface area contributed by atoms with E-state index in [1.165, 1.54) is 4.88 Å². The van der Waals surface area contributed by atoms with Gasteiger partial charge in [-0.1, -0.05) is 37.8 Å². The molecule has 1 N–H and O–H groups in total. The van der Waals surface area contributed by atoms with Crippen molar-refractivity contribution in [2.75, 3.05) is 13.1 Å². The van der Waals surface area contributed by atoms with E-state index in [1.807, 2.05) is 17.5 Å². The zero-order chi connectivity index (χ0) is 16.5. The first-order chi connectivity index (χ1) is 11.2. The number of carbonyl (C=O) groups is 1. The molecule has 0 atom stereocenters. The van der Waals surface area contributed by atoms with Crippen molar-refractivity contribution in [2.24, 2.45) is 0 Å². The van der Waals surface area contributed by atoms with Crippen LogP contribution in [0.25, 0.3) is 0 Å². The van der Waals surface area contributed by atoms with Crippen molar-refractivity contribution in [1.82, 2.24) is 10.2 Å². The maximum Gasteiger partial charge on any atom is 0.235 e. The number of nitrogens with one attached hydrogen (secondary N) is 1. The average molecular weight is 331 g/mol. The molecule has 124 valence electrons. The van der Waals surface area contributed by atoms with Crippen LogP contribution in [0.5, 0.6) is 0 Å². The molecule has 23 heavy (non-hydrogen) atoms. The van der Waals surface area contributed by atoms with Crippen molar-refractivity contribution in [3.63, 3.8) is 0 Å². The standard InChI is InChI=1S/C18H25N3OS/c1-2-11-21(13-16-8-7-12-23-16)14-17(22)20-18(15-19)9-5-3-4-6-10-18/h2,7-8,12H,1,3-6,9-11,13-14H2,(H,20,22). The minimum Gasteiger partial charge on any atom is -0.337 e. The highest BCUT2D eigenvalue weighted by atomic mass is 32.1. The molecule has 4 nitrogen and oxygen atoms in total. The quantitative estimate of drug-likeness (QED) is 0.615. The van der Waals surface area contributed by atoms with Gasteiger partial charge in [0.2, 0.25) is 5.91 Å². The van der Waals surface area contributed by atoms with E-state index in [0.717, 1.165) is 45.1 Å². The normalized spacial score (nSPS) is 17.2. The summed E-state index contributed by atoms with van der Waals surface area (Å²) in [6.07, 6.45) is 7.68. The van der Waals surface area contributed by atoms with Gasteiger partial charge in [0.25, 0.3) is 0 Å². The van der Waals surface area contributed by atoms with E-state index in [4.69, 9.17) is 0 Å². The Hall–Kier alpha value is -1.64. The van der Waals surface area contributed by atoms with Gasteiger partial charge in [0.1, 0.15) is 5.54 Å². The Morgan fingerprint density at radius 1 is 1.43 bits per heavy atom. The Kier molecular flexibility index (Phi) is 6.82. The predicted octanol–water partition coefficient (Wildman–Crippen LogP) is 3.47. The molecule has 1 saturated carbocycles. The summed E-state index contributed by atoms with van der Waals surface area (Å²) >= 11 is 1.69. The molecule has 1 aromatic heterocycles. The fraction of sp³-hybridized carbons (Fsp3) is 0.556. The van der Waals surface area contributed by atoms with Crippen LogP contribution in [0, 0.1) is 11.3 Å². The van der Waals surface area contributed by atoms with Crippen LogP contribution in [0.15, 0.2) is 30.2 Å². The third-order valence-corrected chi connectivity index (χ3v) is 5.13. The fourth-order valence-corrected chi connectivity index (χ4v) is 3.84. The first-order valence-electron chi connectivity index (χ1n) is 8.25. The van der Waals surface area contributed by atoms with Crippen LogP contribution in [-0.2, 0) is 11.3 Å². The molecule has 1 aliphatic carbocycles. The second kappa shape index (κ2) is 8.85. The minimum absolute atomic E-state index is 0.0631. The van der Waals surface area contributed by atoms with Crippen LogP contribution in [0.4, 0.5) is 0 Å². The highest BCUT2D eigenvalue weighted by molar-refractivity contribution is 7.09. The second-order valence-corrected chi connectivity index (χ2v) is 7.23. The van der Waals surface area contributed by atoms with Crippen LogP contribution in [-0.4, -0.2) is 29.4 Å². The first kappa shape index (κ1) is 17.7. The van der Waals surface area contributed by atoms with Gasteiger partial charge in [-0.05, 0) is 24.3 Å². The summed E-state index contributed by atoms with van der Waals surface area (Å²) in [6.45, 7) is 5.46. The largest absolute Gasteiger partial charge is 0.337 e. The topological polar surface area (TPSA) is 56.1 Å². The van der Waals surface area contributed by atoms with Gasteiger partial charge in [-0.2, -0.15) is 5.26 Å². The van der Waals surface area contributed by atoms with E-state index in [2.05, 4.69) is 28.9 Å². The van der Waals surface area contributed by atoms with Gasteiger partial charge in [-0.15, -0.1) is 17.9 Å². The zero-order valence-corrected chi connectivity index (χ0v) is 14.4. The Morgan fingerprint density at radius 3 is 2.74 bits per heavy atom. The summed E-state index contributed by atoms with van der Waals surface area (Å²) in [5.74, 6) is -0.0631. The molecule has 1 amide bonds. The van der Waals surface area contributed by atoms with Crippen LogP contribution < -0.4 is 5.32 Å². The molecular weight excluding hydrogens is 306 g/mol. The average Bonchev–Trinajstić information content (AvgIpc) is 2.92. The van der Waals surface area contributed by atoms with Crippen molar-refractivity contribution in [3.8, 4) is 6.07 Å². The number of hydrogen-bond donors (Lipinski definition) is 1. The van der Waals surface area contributed by atoms with E-state index in [9.17, 15) is 10.1 Å². The highest BCUT2D eigenvalue weighted by Gasteiger charge is 2.32. The lowest BCUT2D eigenvalue weighted by atomic mass is 9.92. The lowest BCUT2D eigenvalue weighted by Crippen LogP contribution is -2.50. The molecule has 1 heterocycles. The van der Waals surface area contributed by atoms with Crippen molar-refractivity contribution in [2.45, 2.75) is 50.6 Å². The van der Waals surface area contributed by atoms with Crippen molar-refractivity contribution < 1.29 is 4.79 Å². The summed E-state index contributed by atoms with van der Waals surface area (Å²) in [4.78, 5) is 15.7. The number of nitriles is 1. The lowest BCUT2D eigenvalue weighted by Gasteiger charge is -2.28. The molecule has 1 aliphatic rings. The van der Waals surface area contributed by atoms with Crippen LogP contribution in [0.3, 0.4) is 0 Å². The van der Waals surface area contributed by atoms with Gasteiger partial charge in [-0.3, -0.25) is 9.69 Å². The predicted molar refractivity (Wildman–Crippen MR) is 94.0 cm³/mol. The molecule has 1 aromatic rings. The third kappa shape index (κ3) is 5.49. The number of thiophene rings is 1. The number of carbonyl (C=O) groups excluding carboxylic acids is 1. The zero-order valence-electron chi connectivity index (χ0n) is 13.6. The molecule has 0 aromatic carbocycles. The first-order valence-corrected chi connectivity index (χ1v) is 9.13. The molecule has 0 saturated heterocycles. The van der Waals surface area contributed by atoms with Crippen LogP contribution in [0.2, 0.25) is 0 Å². The minimum atomic E-state index is -0.670. The van der Waals surface area contributed by atoms with E-state index in [1.54, 1.807) is 11.3 Å². The third-order valence-electron chi connectivity index (χ3n) is 4.26. The molecular formula is C18H25N3OS. The van der Waals surface area contributed by atoms with E-state index >= 15 is 0 Å². The summed E-state index contributed by atoms with van der Waals surface area (Å²) in [5.41, 5.74) is -0.670. The SMILES string of the molecule is C=CCN(CC(=O)NC1(C#N)CCCCCC1)Cc1cccs1. The summed E-state index contributed by atoms with van der Waals surface area (Å²) in [5, 5.41) is 14.6. The van der Waals surface area contributed by atoms with Gasteiger partial charge >= 0.3 is 0 Å². The summed E-state index contributed by atoms with van der Waals surface area (Å²) in [6, 6.07) is 6.46. The molecule has 0 radical (unpaired) electrons. The number of nitrogens with zero attached hydrogens (tertiary/aromatic N) is 2. The van der Waals surface area contributed by atoms with E-state index < -0.39 is 5.54 Å². The van der Waals surface area contributed by atoms with Crippen molar-refractivity contribution in [3.05, 3.63) is 35.0 Å². The summed E-state index contributed by atoms with van der Waals surface area (Å²) in [7, 11) is 0. The van der Waals surface area contributed by atoms with Gasteiger partial charge in [0.15, 0.2) is 0 Å².